The first-order chi connectivity index (χ1) is 11.6. The summed E-state index contributed by atoms with van der Waals surface area (Å²) in [6.07, 6.45) is 2.11. The van der Waals surface area contributed by atoms with Gasteiger partial charge in [-0.3, -0.25) is 4.90 Å². The van der Waals surface area contributed by atoms with Crippen molar-refractivity contribution in [3.63, 3.8) is 0 Å². The molecule has 0 bridgehead atoms. The van der Waals surface area contributed by atoms with Crippen LogP contribution in [0.25, 0.3) is 0 Å². The number of nitrogens with zero attached hydrogens (tertiary/aromatic N) is 1. The lowest BCUT2D eigenvalue weighted by Gasteiger charge is -2.31. The fraction of sp³-hybridized carbons (Fsp3) is 0.444. The van der Waals surface area contributed by atoms with Crippen LogP contribution in [0.1, 0.15) is 24.0 Å². The molecule has 2 heterocycles. The van der Waals surface area contributed by atoms with Crippen LogP contribution in [-0.4, -0.2) is 33.0 Å². The van der Waals surface area contributed by atoms with Gasteiger partial charge in [0.15, 0.2) is 0 Å². The molecule has 0 saturated carbocycles. The lowest BCUT2D eigenvalue weighted by atomic mass is 9.97. The smallest absolute Gasteiger partial charge is 0.215 e. The van der Waals surface area contributed by atoms with Crippen LogP contribution in [0.5, 0.6) is 0 Å². The number of thiophene rings is 1. The third-order valence-electron chi connectivity index (χ3n) is 4.48. The molecule has 2 aromatic rings. The van der Waals surface area contributed by atoms with Crippen LogP contribution in [0, 0.1) is 5.92 Å². The number of likely N-dealkylation sites (tertiary alicyclic amines) is 1. The number of rotatable bonds is 7. The molecule has 3 rings (SSSR count). The summed E-state index contributed by atoms with van der Waals surface area (Å²) in [4.78, 5) is 2.46. The molecule has 6 heteroatoms. The molecule has 1 aromatic carbocycles. The summed E-state index contributed by atoms with van der Waals surface area (Å²) in [5, 5.41) is 4.31. The molecule has 0 atom stereocenters. The van der Waals surface area contributed by atoms with Crippen molar-refractivity contribution >= 4 is 21.4 Å². The lowest BCUT2D eigenvalue weighted by molar-refractivity contribution is 0.179. The second-order valence-corrected chi connectivity index (χ2v) is 9.03. The van der Waals surface area contributed by atoms with Gasteiger partial charge in [-0.1, -0.05) is 30.3 Å². The van der Waals surface area contributed by atoms with Gasteiger partial charge < -0.3 is 0 Å². The Morgan fingerprint density at radius 1 is 1.08 bits per heavy atom. The SMILES string of the molecule is O=S(=O)(Cc1ccccc1)NCC1CCN(Cc2ccsc2)CC1. The number of benzene rings is 1. The summed E-state index contributed by atoms with van der Waals surface area (Å²) < 4.78 is 27.2. The highest BCUT2D eigenvalue weighted by atomic mass is 32.2. The highest BCUT2D eigenvalue weighted by Gasteiger charge is 2.21. The van der Waals surface area contributed by atoms with Crippen molar-refractivity contribution in [1.82, 2.24) is 9.62 Å². The third-order valence-corrected chi connectivity index (χ3v) is 6.54. The van der Waals surface area contributed by atoms with E-state index in [1.807, 2.05) is 30.3 Å². The van der Waals surface area contributed by atoms with E-state index in [2.05, 4.69) is 26.4 Å². The van der Waals surface area contributed by atoms with Crippen LogP contribution < -0.4 is 4.72 Å². The quantitative estimate of drug-likeness (QED) is 0.821. The van der Waals surface area contributed by atoms with Crippen molar-refractivity contribution in [1.29, 1.82) is 0 Å². The minimum atomic E-state index is -3.25. The Hall–Kier alpha value is -1.21. The van der Waals surface area contributed by atoms with Crippen LogP contribution in [0.2, 0.25) is 0 Å². The molecule has 4 nitrogen and oxygen atoms in total. The Labute approximate surface area is 148 Å². The van der Waals surface area contributed by atoms with E-state index in [4.69, 9.17) is 0 Å². The molecule has 1 aliphatic rings. The van der Waals surface area contributed by atoms with E-state index in [0.29, 0.717) is 12.5 Å². The lowest BCUT2D eigenvalue weighted by Crippen LogP contribution is -2.38. The Morgan fingerprint density at radius 2 is 1.83 bits per heavy atom. The van der Waals surface area contributed by atoms with Crippen LogP contribution >= 0.6 is 11.3 Å². The minimum absolute atomic E-state index is 0.0604. The van der Waals surface area contributed by atoms with Crippen molar-refractivity contribution in [2.24, 2.45) is 5.92 Å². The Kier molecular flexibility index (Phi) is 6.05. The molecule has 1 fully saturated rings. The van der Waals surface area contributed by atoms with Gasteiger partial charge in [-0.05, 0) is 59.8 Å². The minimum Gasteiger partial charge on any atom is -0.299 e. The highest BCUT2D eigenvalue weighted by Crippen LogP contribution is 2.19. The number of piperidine rings is 1. The van der Waals surface area contributed by atoms with Crippen LogP contribution in [-0.2, 0) is 22.3 Å². The van der Waals surface area contributed by atoms with Gasteiger partial charge in [-0.15, -0.1) is 0 Å². The van der Waals surface area contributed by atoms with Gasteiger partial charge in [-0.25, -0.2) is 13.1 Å². The summed E-state index contributed by atoms with van der Waals surface area (Å²) in [6, 6.07) is 11.5. The van der Waals surface area contributed by atoms with Gasteiger partial charge in [0.05, 0.1) is 5.75 Å². The summed E-state index contributed by atoms with van der Waals surface area (Å²) in [5.41, 5.74) is 2.21. The first-order valence-corrected chi connectivity index (χ1v) is 10.9. The zero-order chi connectivity index (χ0) is 16.8. The number of hydrogen-bond acceptors (Lipinski definition) is 4. The van der Waals surface area contributed by atoms with E-state index >= 15 is 0 Å². The van der Waals surface area contributed by atoms with Crippen molar-refractivity contribution in [3.05, 3.63) is 58.3 Å². The van der Waals surface area contributed by atoms with Crippen LogP contribution in [0.15, 0.2) is 47.2 Å². The third kappa shape index (κ3) is 5.41. The molecular weight excluding hydrogens is 340 g/mol. The van der Waals surface area contributed by atoms with Gasteiger partial charge in [0.25, 0.3) is 0 Å². The molecule has 0 radical (unpaired) electrons. The molecule has 0 unspecified atom stereocenters. The summed E-state index contributed by atoms with van der Waals surface area (Å²) in [7, 11) is -3.25. The van der Waals surface area contributed by atoms with Crippen LogP contribution in [0.3, 0.4) is 0 Å². The van der Waals surface area contributed by atoms with Gasteiger partial charge in [0.2, 0.25) is 10.0 Å². The monoisotopic (exact) mass is 364 g/mol. The Bertz CT molecular complexity index is 707. The summed E-state index contributed by atoms with van der Waals surface area (Å²) >= 11 is 1.74. The number of hydrogen-bond donors (Lipinski definition) is 1. The van der Waals surface area contributed by atoms with Crippen molar-refractivity contribution in [2.45, 2.75) is 25.1 Å². The molecule has 1 aromatic heterocycles. The molecule has 0 spiro atoms. The number of sulfonamides is 1. The van der Waals surface area contributed by atoms with Crippen molar-refractivity contribution in [3.8, 4) is 0 Å². The maximum Gasteiger partial charge on any atom is 0.215 e. The zero-order valence-corrected chi connectivity index (χ0v) is 15.4. The normalized spacial score (nSPS) is 17.2. The van der Waals surface area contributed by atoms with E-state index in [1.54, 1.807) is 11.3 Å². The van der Waals surface area contributed by atoms with E-state index in [1.165, 1.54) is 5.56 Å². The second kappa shape index (κ2) is 8.25. The van der Waals surface area contributed by atoms with Gasteiger partial charge in [0.1, 0.15) is 0 Å². The maximum atomic E-state index is 12.2. The fourth-order valence-electron chi connectivity index (χ4n) is 3.08. The molecule has 24 heavy (non-hydrogen) atoms. The molecule has 130 valence electrons. The zero-order valence-electron chi connectivity index (χ0n) is 13.7. The fourth-order valence-corrected chi connectivity index (χ4v) is 4.96. The summed E-state index contributed by atoms with van der Waals surface area (Å²) in [5.74, 6) is 0.499. The first-order valence-electron chi connectivity index (χ1n) is 8.35. The predicted molar refractivity (Wildman–Crippen MR) is 99.4 cm³/mol. The largest absolute Gasteiger partial charge is 0.299 e. The standard InChI is InChI=1S/C18H24N2O2S2/c21-24(22,15-17-4-2-1-3-5-17)19-12-16-6-9-20(10-7-16)13-18-8-11-23-14-18/h1-5,8,11,14,16,19H,6-7,9-10,12-13,15H2. The topological polar surface area (TPSA) is 49.4 Å². The Morgan fingerprint density at radius 3 is 2.50 bits per heavy atom. The predicted octanol–water partition coefficient (Wildman–Crippen LogP) is 3.08. The van der Waals surface area contributed by atoms with E-state index in [0.717, 1.165) is 38.0 Å². The Balaban J connectivity index is 1.41. The van der Waals surface area contributed by atoms with Crippen molar-refractivity contribution < 1.29 is 8.42 Å². The van der Waals surface area contributed by atoms with Crippen LogP contribution in [0.4, 0.5) is 0 Å². The molecule has 1 saturated heterocycles. The molecule has 1 N–H and O–H groups in total. The molecular formula is C18H24N2O2S2. The average molecular weight is 365 g/mol. The van der Waals surface area contributed by atoms with Gasteiger partial charge in [-0.2, -0.15) is 11.3 Å². The second-order valence-electron chi connectivity index (χ2n) is 6.44. The highest BCUT2D eigenvalue weighted by molar-refractivity contribution is 7.88. The van der Waals surface area contributed by atoms with Gasteiger partial charge in [0, 0.05) is 13.1 Å². The van der Waals surface area contributed by atoms with E-state index < -0.39 is 10.0 Å². The van der Waals surface area contributed by atoms with E-state index in [-0.39, 0.29) is 5.75 Å². The average Bonchev–Trinajstić information content (AvgIpc) is 3.08. The molecule has 0 aliphatic carbocycles. The molecule has 1 aliphatic heterocycles. The van der Waals surface area contributed by atoms with E-state index in [9.17, 15) is 8.42 Å². The van der Waals surface area contributed by atoms with Gasteiger partial charge >= 0.3 is 0 Å². The van der Waals surface area contributed by atoms with Crippen molar-refractivity contribution in [2.75, 3.05) is 19.6 Å². The first kappa shape index (κ1) is 17.6. The molecule has 0 amide bonds. The number of nitrogens with one attached hydrogen (secondary N) is 1. The summed E-state index contributed by atoms with van der Waals surface area (Å²) in [6.45, 7) is 3.65. The maximum absolute atomic E-state index is 12.2.